The fourth-order valence-electron chi connectivity index (χ4n) is 4.08. The van der Waals surface area contributed by atoms with Crippen molar-refractivity contribution in [2.45, 2.75) is 25.1 Å². The largest absolute Gasteiger partial charge is 0.493 e. The highest BCUT2D eigenvalue weighted by Gasteiger charge is 2.38. The van der Waals surface area contributed by atoms with Gasteiger partial charge in [0.15, 0.2) is 0 Å². The molecule has 0 radical (unpaired) electrons. The number of rotatable bonds is 7. The number of halogens is 3. The van der Waals surface area contributed by atoms with Gasteiger partial charge in [-0.1, -0.05) is 42.5 Å². The predicted octanol–water partition coefficient (Wildman–Crippen LogP) is 4.16. The Morgan fingerprint density at radius 2 is 1.78 bits per heavy atom. The van der Waals surface area contributed by atoms with Crippen molar-refractivity contribution < 1.29 is 32.5 Å². The van der Waals surface area contributed by atoms with Gasteiger partial charge in [0.25, 0.3) is 0 Å². The monoisotopic (exact) mass is 527 g/mol. The number of ether oxygens (including phenoxy) is 2. The molecule has 0 saturated carbocycles. The third-order valence-corrected chi connectivity index (χ3v) is 6.96. The molecular weight excluding hydrogens is 495 g/mol. The predicted molar refractivity (Wildman–Crippen MR) is 132 cm³/mol. The highest BCUT2D eigenvalue weighted by Crippen LogP contribution is 2.35. The summed E-state index contributed by atoms with van der Waals surface area (Å²) in [6, 6.07) is 19.0. The van der Waals surface area contributed by atoms with E-state index in [0.717, 1.165) is 63.7 Å². The normalized spacial score (nSPS) is 21.3. The van der Waals surface area contributed by atoms with E-state index in [1.54, 1.807) is 0 Å². The molecule has 198 valence electrons. The first-order valence-electron chi connectivity index (χ1n) is 11.8. The molecule has 0 aliphatic carbocycles. The third-order valence-electron chi connectivity index (χ3n) is 5.84. The molecule has 0 bridgehead atoms. The maximum Gasteiger partial charge on any atom is 0.490 e. The Bertz CT molecular complexity index is 946. The van der Waals surface area contributed by atoms with E-state index in [1.165, 1.54) is 5.56 Å². The van der Waals surface area contributed by atoms with Gasteiger partial charge in [-0.2, -0.15) is 13.2 Å². The van der Waals surface area contributed by atoms with E-state index in [2.05, 4.69) is 45.0 Å². The van der Waals surface area contributed by atoms with Crippen molar-refractivity contribution in [3.8, 4) is 5.75 Å². The first kappa shape index (κ1) is 28.3. The molecule has 2 atom stereocenters. The molecule has 3 N–H and O–H groups in total. The van der Waals surface area contributed by atoms with Crippen molar-refractivity contribution in [2.24, 2.45) is 11.7 Å². The van der Waals surface area contributed by atoms with Gasteiger partial charge < -0.3 is 20.3 Å². The smallest absolute Gasteiger partial charge is 0.490 e. The Morgan fingerprint density at radius 3 is 2.42 bits per heavy atom. The summed E-state index contributed by atoms with van der Waals surface area (Å²) >= 11 is 1.89. The zero-order chi connectivity index (χ0) is 26.0. The molecule has 0 spiro atoms. The molecule has 4 rings (SSSR count). The zero-order valence-electron chi connectivity index (χ0n) is 19.9. The molecule has 2 aliphatic rings. The van der Waals surface area contributed by atoms with E-state index in [9.17, 15) is 13.2 Å². The molecular formula is C25H32F3N3O4S. The Labute approximate surface area is 213 Å². The van der Waals surface area contributed by atoms with Gasteiger partial charge in [-0.25, -0.2) is 13.4 Å². The lowest BCUT2D eigenvalue weighted by Gasteiger charge is -2.39. The molecule has 2 fully saturated rings. The first-order valence-corrected chi connectivity index (χ1v) is 12.5. The highest BCUT2D eigenvalue weighted by atomic mass is 32.2. The van der Waals surface area contributed by atoms with Crippen molar-refractivity contribution in [3.63, 3.8) is 0 Å². The summed E-state index contributed by atoms with van der Waals surface area (Å²) < 4.78 is 48.4. The highest BCUT2D eigenvalue weighted by molar-refractivity contribution is 7.94. The lowest BCUT2D eigenvalue weighted by Crippen LogP contribution is -2.42. The number of hydrogen-bond acceptors (Lipinski definition) is 7. The molecule has 2 aromatic rings. The van der Waals surface area contributed by atoms with Crippen LogP contribution in [0.2, 0.25) is 0 Å². The van der Waals surface area contributed by atoms with Gasteiger partial charge in [0, 0.05) is 50.8 Å². The number of piperidine rings is 1. The second kappa shape index (κ2) is 13.8. The van der Waals surface area contributed by atoms with Crippen LogP contribution in [-0.4, -0.2) is 71.9 Å². The Balaban J connectivity index is 0.000000454. The van der Waals surface area contributed by atoms with Crippen LogP contribution >= 0.6 is 12.1 Å². The number of nitrogens with two attached hydrogens (primary N) is 1. The number of alkyl halides is 3. The van der Waals surface area contributed by atoms with Crippen LogP contribution in [0.3, 0.4) is 0 Å². The number of hydrogen-bond donors (Lipinski definition) is 2. The molecule has 2 heterocycles. The molecule has 7 nitrogen and oxygen atoms in total. The Hall–Kier alpha value is -2.31. The van der Waals surface area contributed by atoms with Crippen LogP contribution in [0.1, 0.15) is 23.5 Å². The average Bonchev–Trinajstić information content (AvgIpc) is 2.88. The standard InChI is InChI=1S/C23H31N3O2S.C2HF3O2/c24-15-19-5-4-8-23(14-19)28-18-20-13-22(21-6-2-1-3-7-21)17-26(16-20)29-25-9-11-27-12-10-25;3-2(4,5)1(6)7/h1-8,14,20,22H,9-13,15-18,24H2;(H,6,7). The summed E-state index contributed by atoms with van der Waals surface area (Å²) in [7, 11) is 0. The number of nitrogens with zero attached hydrogens (tertiary/aromatic N) is 2. The topological polar surface area (TPSA) is 88.3 Å². The van der Waals surface area contributed by atoms with E-state index < -0.39 is 12.1 Å². The van der Waals surface area contributed by atoms with Crippen molar-refractivity contribution in [1.82, 2.24) is 8.61 Å². The SMILES string of the molecule is NCc1cccc(OCC2CC(c3ccccc3)CN(SN3CCOCC3)C2)c1.O=C(O)C(F)(F)F. The molecule has 2 aliphatic heterocycles. The molecule has 0 aromatic heterocycles. The summed E-state index contributed by atoms with van der Waals surface area (Å²) in [4.78, 5) is 8.90. The molecule has 0 amide bonds. The maximum atomic E-state index is 10.6. The van der Waals surface area contributed by atoms with Crippen molar-refractivity contribution in [3.05, 3.63) is 65.7 Å². The second-order valence-electron chi connectivity index (χ2n) is 8.64. The number of aliphatic carboxylic acids is 1. The van der Waals surface area contributed by atoms with Gasteiger partial charge in [-0.15, -0.1) is 0 Å². The van der Waals surface area contributed by atoms with Crippen LogP contribution in [0.15, 0.2) is 54.6 Å². The number of carbonyl (C=O) groups is 1. The summed E-state index contributed by atoms with van der Waals surface area (Å²) in [6.07, 6.45) is -3.93. The van der Waals surface area contributed by atoms with Crippen molar-refractivity contribution in [1.29, 1.82) is 0 Å². The maximum absolute atomic E-state index is 10.6. The lowest BCUT2D eigenvalue weighted by molar-refractivity contribution is -0.192. The van der Waals surface area contributed by atoms with Crippen LogP contribution in [0.5, 0.6) is 5.75 Å². The molecule has 11 heteroatoms. The summed E-state index contributed by atoms with van der Waals surface area (Å²) in [5.41, 5.74) is 8.30. The summed E-state index contributed by atoms with van der Waals surface area (Å²) in [5, 5.41) is 7.12. The van der Waals surface area contributed by atoms with E-state index in [1.807, 2.05) is 30.3 Å². The average molecular weight is 528 g/mol. The minimum atomic E-state index is -5.08. The van der Waals surface area contributed by atoms with Crippen LogP contribution in [0.25, 0.3) is 0 Å². The summed E-state index contributed by atoms with van der Waals surface area (Å²) in [5.74, 6) is -0.818. The second-order valence-corrected chi connectivity index (χ2v) is 9.84. The van der Waals surface area contributed by atoms with Gasteiger partial charge >= 0.3 is 12.1 Å². The zero-order valence-corrected chi connectivity index (χ0v) is 20.7. The molecule has 2 aromatic carbocycles. The summed E-state index contributed by atoms with van der Waals surface area (Å²) in [6.45, 7) is 7.03. The molecule has 36 heavy (non-hydrogen) atoms. The Kier molecular flexibility index (Phi) is 10.9. The van der Waals surface area contributed by atoms with Gasteiger partial charge in [0.2, 0.25) is 0 Å². The minimum Gasteiger partial charge on any atom is -0.493 e. The van der Waals surface area contributed by atoms with Crippen LogP contribution in [0.4, 0.5) is 13.2 Å². The molecule has 2 saturated heterocycles. The van der Waals surface area contributed by atoms with E-state index in [4.69, 9.17) is 25.1 Å². The van der Waals surface area contributed by atoms with Crippen LogP contribution < -0.4 is 10.5 Å². The van der Waals surface area contributed by atoms with E-state index >= 15 is 0 Å². The van der Waals surface area contributed by atoms with E-state index in [0.29, 0.717) is 18.4 Å². The fraction of sp³-hybridized carbons (Fsp3) is 0.480. The molecule has 2 unspecified atom stereocenters. The van der Waals surface area contributed by atoms with Gasteiger partial charge in [0.05, 0.1) is 19.8 Å². The van der Waals surface area contributed by atoms with E-state index in [-0.39, 0.29) is 0 Å². The number of benzene rings is 2. The van der Waals surface area contributed by atoms with Gasteiger partial charge in [-0.05, 0) is 35.6 Å². The first-order chi connectivity index (χ1) is 17.2. The quantitative estimate of drug-likeness (QED) is 0.519. The number of carboxylic acids is 1. The van der Waals surface area contributed by atoms with Crippen molar-refractivity contribution in [2.75, 3.05) is 46.0 Å². The van der Waals surface area contributed by atoms with Crippen molar-refractivity contribution >= 4 is 18.1 Å². The third kappa shape index (κ3) is 9.29. The number of carboxylic acid groups (broad SMARTS) is 1. The lowest BCUT2D eigenvalue weighted by atomic mass is 9.86. The minimum absolute atomic E-state index is 0.490. The number of morpholine rings is 1. The van der Waals surface area contributed by atoms with Gasteiger partial charge in [0.1, 0.15) is 5.75 Å². The van der Waals surface area contributed by atoms with Crippen LogP contribution in [0, 0.1) is 5.92 Å². The Morgan fingerprint density at radius 1 is 1.08 bits per heavy atom. The van der Waals surface area contributed by atoms with Gasteiger partial charge in [-0.3, -0.25) is 0 Å². The van der Waals surface area contributed by atoms with Crippen LogP contribution in [-0.2, 0) is 16.1 Å². The fourth-order valence-corrected chi connectivity index (χ4v) is 5.24.